The van der Waals surface area contributed by atoms with Crippen molar-refractivity contribution in [1.29, 1.82) is 0 Å². The molecule has 2 aromatic rings. The van der Waals surface area contributed by atoms with Crippen LogP contribution in [0.5, 0.6) is 0 Å². The average molecular weight is 249 g/mol. The molecule has 92 valence electrons. The lowest BCUT2D eigenvalue weighted by molar-refractivity contribution is 0.0973. The molecule has 0 bridgehead atoms. The van der Waals surface area contributed by atoms with E-state index < -0.39 is 17.2 Å². The van der Waals surface area contributed by atoms with Gasteiger partial charge in [-0.05, 0) is 18.9 Å². The lowest BCUT2D eigenvalue weighted by Gasteiger charge is -2.16. The molecule has 1 aromatic carbocycles. The Balaban J connectivity index is 2.54. The molecule has 0 aliphatic heterocycles. The minimum atomic E-state index is -0.859. The molecule has 0 spiro atoms. The molecule has 0 saturated carbocycles. The number of rotatable bonds is 0. The first kappa shape index (κ1) is 11.1. The third-order valence-corrected chi connectivity index (χ3v) is 3.23. The van der Waals surface area contributed by atoms with Gasteiger partial charge in [-0.1, -0.05) is 0 Å². The minimum absolute atomic E-state index is 0.0557. The van der Waals surface area contributed by atoms with Crippen LogP contribution in [0.3, 0.4) is 0 Å². The van der Waals surface area contributed by atoms with Crippen LogP contribution in [0.1, 0.15) is 28.9 Å². The molecule has 1 heterocycles. The van der Waals surface area contributed by atoms with Crippen LogP contribution in [0.15, 0.2) is 16.9 Å². The Bertz CT molecular complexity index is 734. The molecule has 5 heteroatoms. The highest BCUT2D eigenvalue weighted by Gasteiger charge is 2.24. The van der Waals surface area contributed by atoms with Crippen molar-refractivity contribution in [3.05, 3.63) is 45.4 Å². The largest absolute Gasteiger partial charge is 0.325 e. The second kappa shape index (κ2) is 3.73. The topological polar surface area (TPSA) is 49.9 Å². The lowest BCUT2D eigenvalue weighted by Crippen LogP contribution is -2.20. The number of fused-ring (bicyclic) bond motifs is 3. The third kappa shape index (κ3) is 1.47. The Morgan fingerprint density at radius 3 is 2.67 bits per heavy atom. The Morgan fingerprint density at radius 1 is 1.11 bits per heavy atom. The maximum Gasteiger partial charge on any atom is 0.256 e. The molecule has 1 aliphatic carbocycles. The van der Waals surface area contributed by atoms with E-state index in [1.807, 2.05) is 0 Å². The average Bonchev–Trinajstić information content (AvgIpc) is 2.29. The van der Waals surface area contributed by atoms with Gasteiger partial charge in [0.25, 0.3) is 5.56 Å². The molecule has 0 amide bonds. The van der Waals surface area contributed by atoms with Crippen molar-refractivity contribution in [3.63, 3.8) is 0 Å². The summed E-state index contributed by atoms with van der Waals surface area (Å²) in [5.41, 5.74) is 0.0967. The highest BCUT2D eigenvalue weighted by atomic mass is 19.1. The molecule has 3 nitrogen and oxygen atoms in total. The van der Waals surface area contributed by atoms with Crippen molar-refractivity contribution < 1.29 is 13.6 Å². The maximum atomic E-state index is 13.8. The second-order valence-electron chi connectivity index (χ2n) is 4.39. The van der Waals surface area contributed by atoms with E-state index in [0.29, 0.717) is 31.0 Å². The fraction of sp³-hybridized carbons (Fsp3) is 0.231. The summed E-state index contributed by atoms with van der Waals surface area (Å²) >= 11 is 0. The number of aromatic nitrogens is 1. The fourth-order valence-electron chi connectivity index (χ4n) is 2.47. The Hall–Kier alpha value is -2.04. The monoisotopic (exact) mass is 249 g/mol. The van der Waals surface area contributed by atoms with Gasteiger partial charge in [0.05, 0.1) is 5.39 Å². The number of nitrogens with one attached hydrogen (secondary N) is 1. The summed E-state index contributed by atoms with van der Waals surface area (Å²) in [5, 5.41) is -0.165. The first-order valence-corrected chi connectivity index (χ1v) is 5.65. The number of aryl methyl sites for hydroxylation is 1. The summed E-state index contributed by atoms with van der Waals surface area (Å²) in [6.07, 6.45) is 1.49. The van der Waals surface area contributed by atoms with Crippen LogP contribution >= 0.6 is 0 Å². The fourth-order valence-corrected chi connectivity index (χ4v) is 2.47. The quantitative estimate of drug-likeness (QED) is 0.779. The van der Waals surface area contributed by atoms with Gasteiger partial charge in [0.15, 0.2) is 5.78 Å². The number of aromatic amines is 1. The summed E-state index contributed by atoms with van der Waals surface area (Å²) < 4.78 is 27.0. The van der Waals surface area contributed by atoms with Crippen molar-refractivity contribution >= 4 is 16.6 Å². The molecule has 1 aliphatic rings. The third-order valence-electron chi connectivity index (χ3n) is 3.23. The van der Waals surface area contributed by atoms with E-state index in [9.17, 15) is 18.4 Å². The van der Waals surface area contributed by atoms with Crippen LogP contribution in [0.2, 0.25) is 0 Å². The molecule has 0 unspecified atom stereocenters. The second-order valence-corrected chi connectivity index (χ2v) is 4.39. The van der Waals surface area contributed by atoms with E-state index in [4.69, 9.17) is 0 Å². The van der Waals surface area contributed by atoms with Crippen LogP contribution in [0, 0.1) is 11.6 Å². The van der Waals surface area contributed by atoms with Gasteiger partial charge in [0.2, 0.25) is 0 Å². The maximum absolute atomic E-state index is 13.8. The van der Waals surface area contributed by atoms with Crippen molar-refractivity contribution in [1.82, 2.24) is 4.98 Å². The SMILES string of the molecule is O=C1CCCc2[nH]c(=O)c3cc(F)cc(F)c3c21. The van der Waals surface area contributed by atoms with Crippen molar-refractivity contribution in [2.45, 2.75) is 19.3 Å². The normalized spacial score (nSPS) is 14.9. The van der Waals surface area contributed by atoms with Gasteiger partial charge in [0.1, 0.15) is 11.6 Å². The molecule has 1 aromatic heterocycles. The number of benzene rings is 1. The predicted octanol–water partition coefficient (Wildman–Crippen LogP) is 2.33. The number of pyridine rings is 1. The van der Waals surface area contributed by atoms with Crippen LogP contribution in [-0.2, 0) is 6.42 Å². The van der Waals surface area contributed by atoms with Crippen LogP contribution in [0.25, 0.3) is 10.8 Å². The molecule has 0 radical (unpaired) electrons. The van der Waals surface area contributed by atoms with E-state index in [1.165, 1.54) is 0 Å². The van der Waals surface area contributed by atoms with E-state index in [0.717, 1.165) is 6.07 Å². The zero-order valence-electron chi connectivity index (χ0n) is 9.35. The van der Waals surface area contributed by atoms with Gasteiger partial charge in [-0.15, -0.1) is 0 Å². The Morgan fingerprint density at radius 2 is 1.89 bits per heavy atom. The molecular weight excluding hydrogens is 240 g/mol. The summed E-state index contributed by atoms with van der Waals surface area (Å²) in [7, 11) is 0. The zero-order valence-corrected chi connectivity index (χ0v) is 9.35. The van der Waals surface area contributed by atoms with Crippen molar-refractivity contribution in [2.75, 3.05) is 0 Å². The summed E-state index contributed by atoms with van der Waals surface area (Å²) in [5.74, 6) is -1.89. The summed E-state index contributed by atoms with van der Waals surface area (Å²) in [6, 6.07) is 1.66. The molecule has 0 saturated heterocycles. The molecule has 3 rings (SSSR count). The number of H-pyrrole nitrogens is 1. The number of hydrogen-bond donors (Lipinski definition) is 1. The standard InChI is InChI=1S/C13H9F2NO2/c14-6-4-7-11(8(15)5-6)12-9(16-13(7)18)2-1-3-10(12)17/h4-5H,1-3H2,(H,16,18). The molecule has 0 fully saturated rings. The highest BCUT2D eigenvalue weighted by molar-refractivity contribution is 6.09. The van der Waals surface area contributed by atoms with Crippen LogP contribution < -0.4 is 5.56 Å². The molecular formula is C13H9F2NO2. The first-order valence-electron chi connectivity index (χ1n) is 5.65. The van der Waals surface area contributed by atoms with Crippen LogP contribution in [-0.4, -0.2) is 10.8 Å². The van der Waals surface area contributed by atoms with E-state index >= 15 is 0 Å². The van der Waals surface area contributed by atoms with E-state index in [1.54, 1.807) is 0 Å². The van der Waals surface area contributed by atoms with Crippen molar-refractivity contribution in [3.8, 4) is 0 Å². The first-order chi connectivity index (χ1) is 8.58. The number of ketones is 1. The smallest absolute Gasteiger partial charge is 0.256 e. The zero-order chi connectivity index (χ0) is 12.9. The molecule has 1 N–H and O–H groups in total. The van der Waals surface area contributed by atoms with E-state index in [-0.39, 0.29) is 22.1 Å². The number of carbonyl (C=O) groups is 1. The summed E-state index contributed by atoms with van der Waals surface area (Å²) in [6.45, 7) is 0. The number of carbonyl (C=O) groups excluding carboxylic acids is 1. The Labute approximate surface area is 100 Å². The Kier molecular flexibility index (Phi) is 2.29. The number of Topliss-reactive ketones (excluding diaryl/α,β-unsaturated/α-hetero) is 1. The lowest BCUT2D eigenvalue weighted by atomic mass is 9.90. The number of hydrogen-bond acceptors (Lipinski definition) is 2. The van der Waals surface area contributed by atoms with Gasteiger partial charge >= 0.3 is 0 Å². The van der Waals surface area contributed by atoms with Crippen molar-refractivity contribution in [2.24, 2.45) is 0 Å². The molecule has 0 atom stereocenters. The van der Waals surface area contributed by atoms with Crippen LogP contribution in [0.4, 0.5) is 8.78 Å². The number of halogens is 2. The minimum Gasteiger partial charge on any atom is -0.325 e. The molecule has 18 heavy (non-hydrogen) atoms. The van der Waals surface area contributed by atoms with Gasteiger partial charge in [-0.3, -0.25) is 9.59 Å². The van der Waals surface area contributed by atoms with Gasteiger partial charge < -0.3 is 4.98 Å². The van der Waals surface area contributed by atoms with Gasteiger partial charge in [0, 0.05) is 29.1 Å². The van der Waals surface area contributed by atoms with E-state index in [2.05, 4.69) is 4.98 Å². The van der Waals surface area contributed by atoms with Gasteiger partial charge in [-0.25, -0.2) is 8.78 Å². The highest BCUT2D eigenvalue weighted by Crippen LogP contribution is 2.28. The summed E-state index contributed by atoms with van der Waals surface area (Å²) in [4.78, 5) is 26.2. The predicted molar refractivity (Wildman–Crippen MR) is 61.8 cm³/mol. The van der Waals surface area contributed by atoms with Gasteiger partial charge in [-0.2, -0.15) is 0 Å².